The second-order valence-electron chi connectivity index (χ2n) is 8.95. The highest BCUT2D eigenvalue weighted by atomic mass is 16.5. The highest BCUT2D eigenvalue weighted by Crippen LogP contribution is 2.29. The topological polar surface area (TPSA) is 82.7 Å². The highest BCUT2D eigenvalue weighted by Gasteiger charge is 2.22. The zero-order valence-corrected chi connectivity index (χ0v) is 20.5. The summed E-state index contributed by atoms with van der Waals surface area (Å²) in [4.78, 5) is 28.4. The van der Waals surface area contributed by atoms with Gasteiger partial charge in [0.25, 0.3) is 0 Å². The number of nitrogens with one attached hydrogen (secondary N) is 3. The first-order valence-electron chi connectivity index (χ1n) is 12.6. The molecule has 0 spiro atoms. The summed E-state index contributed by atoms with van der Waals surface area (Å²) in [7, 11) is 0. The van der Waals surface area contributed by atoms with E-state index in [9.17, 15) is 9.59 Å². The molecule has 1 aliphatic heterocycles. The van der Waals surface area contributed by atoms with Crippen molar-refractivity contribution in [3.8, 4) is 11.5 Å². The molecule has 7 nitrogen and oxygen atoms in total. The quantitative estimate of drug-likeness (QED) is 0.340. The molecule has 3 aromatic rings. The number of carbonyl (C=O) groups excluding carboxylic acids is 2. The van der Waals surface area contributed by atoms with Gasteiger partial charge in [-0.1, -0.05) is 60.7 Å². The summed E-state index contributed by atoms with van der Waals surface area (Å²) < 4.78 is 5.94. The number of hydrogen-bond donors (Lipinski definition) is 3. The van der Waals surface area contributed by atoms with E-state index < -0.39 is 12.1 Å². The smallest absolute Gasteiger partial charge is 0.320 e. The number of para-hydroxylation sites is 3. The predicted molar refractivity (Wildman–Crippen MR) is 142 cm³/mol. The van der Waals surface area contributed by atoms with Gasteiger partial charge in [0.1, 0.15) is 11.8 Å². The Morgan fingerprint density at radius 3 is 2.28 bits per heavy atom. The summed E-state index contributed by atoms with van der Waals surface area (Å²) >= 11 is 0. The van der Waals surface area contributed by atoms with Crippen LogP contribution in [0, 0.1) is 0 Å². The molecule has 3 amide bonds. The van der Waals surface area contributed by atoms with E-state index in [-0.39, 0.29) is 5.91 Å². The van der Waals surface area contributed by atoms with E-state index in [1.807, 2.05) is 72.8 Å². The standard InChI is InChI=1S/C29H34N4O3/c34-28(30-18-11-21-33-19-9-10-20-33)26(22-23-12-3-1-4-13-23)32-29(35)31-25-16-7-8-17-27(25)36-24-14-5-2-6-15-24/h1-8,12-17,26H,9-11,18-22H2,(H,30,34)(H2,31,32,35). The molecule has 36 heavy (non-hydrogen) atoms. The van der Waals surface area contributed by atoms with Gasteiger partial charge in [0.2, 0.25) is 5.91 Å². The molecular weight excluding hydrogens is 452 g/mol. The SMILES string of the molecule is O=C(Nc1ccccc1Oc1ccccc1)NC(Cc1ccccc1)C(=O)NCCCN1CCCC1. The van der Waals surface area contributed by atoms with E-state index in [0.29, 0.717) is 30.2 Å². The summed E-state index contributed by atoms with van der Waals surface area (Å²) in [6.45, 7) is 3.84. The molecule has 1 fully saturated rings. The van der Waals surface area contributed by atoms with Crippen molar-refractivity contribution >= 4 is 17.6 Å². The van der Waals surface area contributed by atoms with Crippen molar-refractivity contribution in [3.63, 3.8) is 0 Å². The normalized spacial score (nSPS) is 14.1. The van der Waals surface area contributed by atoms with Gasteiger partial charge in [-0.15, -0.1) is 0 Å². The number of amides is 3. The molecule has 3 N–H and O–H groups in total. The van der Waals surface area contributed by atoms with Crippen molar-refractivity contribution in [2.24, 2.45) is 0 Å². The zero-order valence-electron chi connectivity index (χ0n) is 20.5. The van der Waals surface area contributed by atoms with Crippen molar-refractivity contribution in [2.75, 3.05) is 31.5 Å². The second-order valence-corrected chi connectivity index (χ2v) is 8.95. The zero-order chi connectivity index (χ0) is 25.0. The van der Waals surface area contributed by atoms with Gasteiger partial charge in [-0.2, -0.15) is 0 Å². The molecule has 0 bridgehead atoms. The van der Waals surface area contributed by atoms with Gasteiger partial charge in [-0.05, 0) is 68.7 Å². The molecule has 0 saturated carbocycles. The van der Waals surface area contributed by atoms with Crippen LogP contribution in [0.4, 0.5) is 10.5 Å². The van der Waals surface area contributed by atoms with E-state index >= 15 is 0 Å². The lowest BCUT2D eigenvalue weighted by Crippen LogP contribution is -2.49. The van der Waals surface area contributed by atoms with Gasteiger partial charge in [0.15, 0.2) is 5.75 Å². The Morgan fingerprint density at radius 1 is 0.861 bits per heavy atom. The minimum atomic E-state index is -0.707. The number of nitrogens with zero attached hydrogens (tertiary/aromatic N) is 1. The Labute approximate surface area is 212 Å². The molecule has 0 aromatic heterocycles. The molecule has 188 valence electrons. The van der Waals surface area contributed by atoms with E-state index in [2.05, 4.69) is 20.9 Å². The summed E-state index contributed by atoms with van der Waals surface area (Å²) in [5.74, 6) is 0.997. The van der Waals surface area contributed by atoms with Crippen molar-refractivity contribution in [3.05, 3.63) is 90.5 Å². The molecule has 1 saturated heterocycles. The summed E-state index contributed by atoms with van der Waals surface area (Å²) in [6.07, 6.45) is 3.79. The number of ether oxygens (including phenoxy) is 1. The largest absolute Gasteiger partial charge is 0.455 e. The van der Waals surface area contributed by atoms with Crippen LogP contribution in [0.25, 0.3) is 0 Å². The van der Waals surface area contributed by atoms with Crippen molar-refractivity contribution in [2.45, 2.75) is 31.7 Å². The van der Waals surface area contributed by atoms with Crippen LogP contribution in [-0.2, 0) is 11.2 Å². The number of hydrogen-bond acceptors (Lipinski definition) is 4. The van der Waals surface area contributed by atoms with Crippen LogP contribution in [0.1, 0.15) is 24.8 Å². The van der Waals surface area contributed by atoms with Gasteiger partial charge in [0, 0.05) is 13.0 Å². The van der Waals surface area contributed by atoms with Crippen LogP contribution >= 0.6 is 0 Å². The van der Waals surface area contributed by atoms with Crippen LogP contribution in [0.15, 0.2) is 84.9 Å². The minimum absolute atomic E-state index is 0.191. The maximum absolute atomic E-state index is 13.0. The van der Waals surface area contributed by atoms with Crippen molar-refractivity contribution in [1.82, 2.24) is 15.5 Å². The van der Waals surface area contributed by atoms with Crippen LogP contribution in [0.2, 0.25) is 0 Å². The Kier molecular flexibility index (Phi) is 9.33. The maximum atomic E-state index is 13.0. The highest BCUT2D eigenvalue weighted by molar-refractivity contribution is 5.94. The fourth-order valence-electron chi connectivity index (χ4n) is 4.29. The number of likely N-dealkylation sites (tertiary alicyclic amines) is 1. The molecule has 1 aliphatic rings. The molecule has 1 unspecified atom stereocenters. The third-order valence-electron chi connectivity index (χ3n) is 6.16. The third-order valence-corrected chi connectivity index (χ3v) is 6.16. The van der Waals surface area contributed by atoms with E-state index in [4.69, 9.17) is 4.74 Å². The van der Waals surface area contributed by atoms with Gasteiger partial charge in [-0.25, -0.2) is 4.79 Å². The first-order valence-corrected chi connectivity index (χ1v) is 12.6. The third kappa shape index (κ3) is 7.85. The first kappa shape index (κ1) is 25.3. The average molecular weight is 487 g/mol. The maximum Gasteiger partial charge on any atom is 0.320 e. The number of urea groups is 1. The van der Waals surface area contributed by atoms with Gasteiger partial charge >= 0.3 is 6.03 Å². The number of anilines is 1. The number of rotatable bonds is 11. The fourth-order valence-corrected chi connectivity index (χ4v) is 4.29. The first-order chi connectivity index (χ1) is 17.7. The van der Waals surface area contributed by atoms with Crippen LogP contribution in [-0.4, -0.2) is 49.1 Å². The fraction of sp³-hybridized carbons (Fsp3) is 0.310. The monoisotopic (exact) mass is 486 g/mol. The Bertz CT molecular complexity index is 1100. The molecule has 0 radical (unpaired) electrons. The Balaban J connectivity index is 1.36. The number of carbonyl (C=O) groups is 2. The second kappa shape index (κ2) is 13.3. The van der Waals surface area contributed by atoms with Crippen LogP contribution in [0.3, 0.4) is 0 Å². The van der Waals surface area contributed by atoms with Gasteiger partial charge < -0.3 is 25.6 Å². The lowest BCUT2D eigenvalue weighted by Gasteiger charge is -2.20. The lowest BCUT2D eigenvalue weighted by molar-refractivity contribution is -0.122. The molecule has 3 aromatic carbocycles. The van der Waals surface area contributed by atoms with E-state index in [1.54, 1.807) is 12.1 Å². The van der Waals surface area contributed by atoms with Crippen molar-refractivity contribution < 1.29 is 14.3 Å². The molecule has 1 atom stereocenters. The molecule has 7 heteroatoms. The van der Waals surface area contributed by atoms with E-state index in [0.717, 1.165) is 31.6 Å². The average Bonchev–Trinajstić information content (AvgIpc) is 3.42. The van der Waals surface area contributed by atoms with Gasteiger partial charge in [-0.3, -0.25) is 4.79 Å². The van der Waals surface area contributed by atoms with E-state index in [1.165, 1.54) is 12.8 Å². The Morgan fingerprint density at radius 2 is 1.53 bits per heavy atom. The predicted octanol–water partition coefficient (Wildman–Crippen LogP) is 4.81. The van der Waals surface area contributed by atoms with Crippen LogP contribution in [0.5, 0.6) is 11.5 Å². The molecular formula is C29H34N4O3. The minimum Gasteiger partial charge on any atom is -0.455 e. The molecule has 0 aliphatic carbocycles. The lowest BCUT2D eigenvalue weighted by atomic mass is 10.1. The summed E-state index contributed by atoms with van der Waals surface area (Å²) in [5.41, 5.74) is 1.49. The van der Waals surface area contributed by atoms with Crippen LogP contribution < -0.4 is 20.7 Å². The van der Waals surface area contributed by atoms with Crippen molar-refractivity contribution in [1.29, 1.82) is 0 Å². The van der Waals surface area contributed by atoms with Gasteiger partial charge in [0.05, 0.1) is 5.69 Å². The summed E-state index contributed by atoms with van der Waals surface area (Å²) in [5, 5.41) is 8.71. The Hall–Kier alpha value is -3.84. The molecule has 4 rings (SSSR count). The number of benzene rings is 3. The summed E-state index contributed by atoms with van der Waals surface area (Å²) in [6, 6.07) is 25.1. The molecule has 1 heterocycles.